The maximum atomic E-state index is 11.4. The first-order chi connectivity index (χ1) is 9.42. The van der Waals surface area contributed by atoms with Gasteiger partial charge in [-0.25, -0.2) is 14.4 Å². The SMILES string of the molecule is C=CC(=O)OC(CCCC)(OC(=O)C=C)OC(=O)C=C. The van der Waals surface area contributed by atoms with Gasteiger partial charge in [0.2, 0.25) is 0 Å². The topological polar surface area (TPSA) is 78.9 Å². The lowest BCUT2D eigenvalue weighted by Crippen LogP contribution is -2.43. The van der Waals surface area contributed by atoms with Crippen LogP contribution < -0.4 is 0 Å². The Kier molecular flexibility index (Phi) is 7.65. The van der Waals surface area contributed by atoms with Gasteiger partial charge < -0.3 is 14.2 Å². The van der Waals surface area contributed by atoms with E-state index in [0.29, 0.717) is 12.8 Å². The molecule has 0 saturated carbocycles. The van der Waals surface area contributed by atoms with E-state index in [1.165, 1.54) is 0 Å². The molecule has 0 aromatic heterocycles. The predicted molar refractivity (Wildman–Crippen MR) is 71.1 cm³/mol. The second kappa shape index (κ2) is 8.68. The Balaban J connectivity index is 5.33. The molecule has 0 aliphatic heterocycles. The van der Waals surface area contributed by atoms with Crippen LogP contribution in [0, 0.1) is 0 Å². The summed E-state index contributed by atoms with van der Waals surface area (Å²) in [4.78, 5) is 34.1. The largest absolute Gasteiger partial charge is 0.424 e. The zero-order valence-electron chi connectivity index (χ0n) is 11.4. The number of hydrogen-bond acceptors (Lipinski definition) is 6. The molecule has 0 aliphatic carbocycles. The van der Waals surface area contributed by atoms with Gasteiger partial charge in [0.15, 0.2) is 0 Å². The second-order valence-corrected chi connectivity index (χ2v) is 3.66. The van der Waals surface area contributed by atoms with E-state index in [-0.39, 0.29) is 6.42 Å². The fourth-order valence-electron chi connectivity index (χ4n) is 1.19. The van der Waals surface area contributed by atoms with E-state index < -0.39 is 23.9 Å². The Labute approximate surface area is 117 Å². The Hall–Kier alpha value is -2.37. The highest BCUT2D eigenvalue weighted by atomic mass is 16.9. The van der Waals surface area contributed by atoms with Crippen molar-refractivity contribution in [1.29, 1.82) is 0 Å². The van der Waals surface area contributed by atoms with E-state index in [1.807, 2.05) is 6.92 Å². The summed E-state index contributed by atoms with van der Waals surface area (Å²) < 4.78 is 14.7. The molecule has 0 aromatic rings. The quantitative estimate of drug-likeness (QED) is 0.366. The molecule has 0 fully saturated rings. The van der Waals surface area contributed by atoms with Crippen LogP contribution in [0.3, 0.4) is 0 Å². The van der Waals surface area contributed by atoms with Crippen LogP contribution in [0.1, 0.15) is 26.2 Å². The highest BCUT2D eigenvalue weighted by molar-refractivity contribution is 5.85. The van der Waals surface area contributed by atoms with Crippen LogP contribution in [-0.2, 0) is 28.6 Å². The van der Waals surface area contributed by atoms with Gasteiger partial charge in [-0.2, -0.15) is 0 Å². The van der Waals surface area contributed by atoms with E-state index in [2.05, 4.69) is 19.7 Å². The molecular weight excluding hydrogens is 264 g/mol. The summed E-state index contributed by atoms with van der Waals surface area (Å²) in [5.41, 5.74) is 0. The smallest absolute Gasteiger partial charge is 0.385 e. The first-order valence-electron chi connectivity index (χ1n) is 5.99. The highest BCUT2D eigenvalue weighted by Crippen LogP contribution is 2.24. The molecule has 6 nitrogen and oxygen atoms in total. The number of rotatable bonds is 9. The molecule has 0 heterocycles. The van der Waals surface area contributed by atoms with Gasteiger partial charge in [-0.05, 0) is 6.42 Å². The first-order valence-corrected chi connectivity index (χ1v) is 5.99. The fraction of sp³-hybridized carbons (Fsp3) is 0.357. The molecule has 0 bridgehead atoms. The van der Waals surface area contributed by atoms with E-state index in [0.717, 1.165) is 18.2 Å². The lowest BCUT2D eigenvalue weighted by atomic mass is 10.2. The van der Waals surface area contributed by atoms with Crippen molar-refractivity contribution in [1.82, 2.24) is 0 Å². The van der Waals surface area contributed by atoms with Crippen LogP contribution >= 0.6 is 0 Å². The second-order valence-electron chi connectivity index (χ2n) is 3.66. The maximum Gasteiger partial charge on any atom is 0.424 e. The van der Waals surface area contributed by atoms with Gasteiger partial charge in [0, 0.05) is 18.2 Å². The van der Waals surface area contributed by atoms with Crippen LogP contribution in [0.2, 0.25) is 0 Å². The van der Waals surface area contributed by atoms with Crippen LogP contribution in [0.4, 0.5) is 0 Å². The summed E-state index contributed by atoms with van der Waals surface area (Å²) >= 11 is 0. The monoisotopic (exact) mass is 282 g/mol. The van der Waals surface area contributed by atoms with Crippen LogP contribution in [0.15, 0.2) is 38.0 Å². The molecule has 0 atom stereocenters. The number of esters is 3. The third kappa shape index (κ3) is 5.99. The van der Waals surface area contributed by atoms with Gasteiger partial charge in [-0.3, -0.25) is 0 Å². The fourth-order valence-corrected chi connectivity index (χ4v) is 1.19. The molecule has 0 aliphatic rings. The minimum absolute atomic E-state index is 0.0117. The van der Waals surface area contributed by atoms with E-state index >= 15 is 0 Å². The summed E-state index contributed by atoms with van der Waals surface area (Å²) in [6.07, 6.45) is 3.77. The van der Waals surface area contributed by atoms with E-state index in [9.17, 15) is 14.4 Å². The van der Waals surface area contributed by atoms with Crippen molar-refractivity contribution in [3.05, 3.63) is 38.0 Å². The van der Waals surface area contributed by atoms with Gasteiger partial charge in [0.05, 0.1) is 6.42 Å². The van der Waals surface area contributed by atoms with Crippen molar-refractivity contribution in [2.75, 3.05) is 0 Å². The molecule has 0 N–H and O–H groups in total. The van der Waals surface area contributed by atoms with Crippen molar-refractivity contribution in [3.8, 4) is 0 Å². The van der Waals surface area contributed by atoms with Crippen molar-refractivity contribution in [2.24, 2.45) is 0 Å². The van der Waals surface area contributed by atoms with Crippen molar-refractivity contribution in [2.45, 2.75) is 32.2 Å². The molecule has 0 spiro atoms. The minimum atomic E-state index is -2.14. The predicted octanol–water partition coefficient (Wildman–Crippen LogP) is 2.02. The molecule has 0 rings (SSSR count). The molecule has 0 aromatic carbocycles. The molecule has 20 heavy (non-hydrogen) atoms. The minimum Gasteiger partial charge on any atom is -0.385 e. The molecule has 110 valence electrons. The van der Waals surface area contributed by atoms with Crippen molar-refractivity contribution >= 4 is 17.9 Å². The summed E-state index contributed by atoms with van der Waals surface area (Å²) in [5, 5.41) is 0. The standard InChI is InChI=1S/C14H18O6/c1-5-9-10-14(18-11(15)6-2,19-12(16)7-3)20-13(17)8-4/h6-8H,2-5,9-10H2,1H3. The molecule has 6 heteroatoms. The number of ether oxygens (including phenoxy) is 3. The molecule has 0 radical (unpaired) electrons. The van der Waals surface area contributed by atoms with Gasteiger partial charge in [0.1, 0.15) is 0 Å². The lowest BCUT2D eigenvalue weighted by Gasteiger charge is -2.30. The number of hydrogen-bond donors (Lipinski definition) is 0. The van der Waals surface area contributed by atoms with Crippen molar-refractivity contribution in [3.63, 3.8) is 0 Å². The van der Waals surface area contributed by atoms with Crippen LogP contribution in [0.25, 0.3) is 0 Å². The lowest BCUT2D eigenvalue weighted by molar-refractivity contribution is -0.327. The molecule has 0 unspecified atom stereocenters. The maximum absolute atomic E-state index is 11.4. The number of carbonyl (C=O) groups is 3. The summed E-state index contributed by atoms with van der Waals surface area (Å²) in [6, 6.07) is 0. The van der Waals surface area contributed by atoms with Gasteiger partial charge in [0.25, 0.3) is 0 Å². The van der Waals surface area contributed by atoms with Crippen LogP contribution in [0.5, 0.6) is 0 Å². The zero-order valence-corrected chi connectivity index (χ0v) is 11.4. The highest BCUT2D eigenvalue weighted by Gasteiger charge is 2.41. The normalized spacial score (nSPS) is 10.1. The van der Waals surface area contributed by atoms with E-state index in [1.54, 1.807) is 0 Å². The Morgan fingerprint density at radius 1 is 0.900 bits per heavy atom. The summed E-state index contributed by atoms with van der Waals surface area (Å²) in [6.45, 7) is 11.5. The average Bonchev–Trinajstić information content (AvgIpc) is 2.44. The van der Waals surface area contributed by atoms with Gasteiger partial charge in [-0.1, -0.05) is 33.1 Å². The first kappa shape index (κ1) is 17.6. The van der Waals surface area contributed by atoms with Gasteiger partial charge in [-0.15, -0.1) is 0 Å². The molecular formula is C14H18O6. The zero-order chi connectivity index (χ0) is 15.6. The Bertz CT molecular complexity index is 355. The van der Waals surface area contributed by atoms with Crippen molar-refractivity contribution < 1.29 is 28.6 Å². The van der Waals surface area contributed by atoms with E-state index in [4.69, 9.17) is 14.2 Å². The summed E-state index contributed by atoms with van der Waals surface area (Å²) in [7, 11) is 0. The number of unbranched alkanes of at least 4 members (excludes halogenated alkanes) is 1. The third-order valence-corrected chi connectivity index (χ3v) is 2.10. The number of carbonyl (C=O) groups excluding carboxylic acids is 3. The Morgan fingerprint density at radius 2 is 1.25 bits per heavy atom. The van der Waals surface area contributed by atoms with Crippen LogP contribution in [-0.4, -0.2) is 23.9 Å². The molecule has 0 amide bonds. The van der Waals surface area contributed by atoms with Gasteiger partial charge >= 0.3 is 23.9 Å². The average molecular weight is 282 g/mol. The summed E-state index contributed by atoms with van der Waals surface area (Å²) in [5.74, 6) is -4.82. The third-order valence-electron chi connectivity index (χ3n) is 2.10. The Morgan fingerprint density at radius 3 is 1.50 bits per heavy atom. The molecule has 0 saturated heterocycles.